The molecule has 0 amide bonds. The molecule has 1 saturated heterocycles. The molecule has 1 aliphatic heterocycles. The second kappa shape index (κ2) is 4.49. The fourth-order valence-corrected chi connectivity index (χ4v) is 2.22. The third-order valence-corrected chi connectivity index (χ3v) is 3.09. The maximum atomic E-state index is 10.8. The van der Waals surface area contributed by atoms with Gasteiger partial charge in [0.05, 0.1) is 4.92 Å². The van der Waals surface area contributed by atoms with Crippen molar-refractivity contribution >= 4 is 11.4 Å². The van der Waals surface area contributed by atoms with Crippen molar-refractivity contribution in [1.82, 2.24) is 5.32 Å². The number of nitrogens with zero attached hydrogens (tertiary/aromatic N) is 1. The summed E-state index contributed by atoms with van der Waals surface area (Å²) in [5.41, 5.74) is 7.14. The molecule has 0 spiro atoms. The van der Waals surface area contributed by atoms with Gasteiger partial charge in [-0.05, 0) is 37.4 Å². The number of benzene rings is 1. The van der Waals surface area contributed by atoms with Crippen molar-refractivity contribution in [3.63, 3.8) is 0 Å². The van der Waals surface area contributed by atoms with Gasteiger partial charge in [-0.1, -0.05) is 12.1 Å². The summed E-state index contributed by atoms with van der Waals surface area (Å²) in [4.78, 5) is 10.4. The molecule has 5 heteroatoms. The summed E-state index contributed by atoms with van der Waals surface area (Å²) in [5.74, 6) is 0.348. The average Bonchev–Trinajstić information content (AvgIpc) is 2.30. The number of anilines is 1. The summed E-state index contributed by atoms with van der Waals surface area (Å²) in [6.45, 7) is 1.90. The van der Waals surface area contributed by atoms with Gasteiger partial charge < -0.3 is 11.1 Å². The van der Waals surface area contributed by atoms with E-state index >= 15 is 0 Å². The predicted octanol–water partition coefficient (Wildman–Crippen LogP) is 1.64. The molecule has 1 aliphatic rings. The van der Waals surface area contributed by atoms with Gasteiger partial charge in [-0.15, -0.1) is 0 Å². The van der Waals surface area contributed by atoms with Crippen LogP contribution in [0.25, 0.3) is 0 Å². The first-order valence-electron chi connectivity index (χ1n) is 5.43. The summed E-state index contributed by atoms with van der Waals surface area (Å²) in [6.07, 6.45) is 1.98. The lowest BCUT2D eigenvalue weighted by atomic mass is 9.89. The molecule has 0 atom stereocenters. The highest BCUT2D eigenvalue weighted by atomic mass is 16.6. The minimum absolute atomic E-state index is 0.0241. The Hall–Kier alpha value is -1.62. The number of nitrogens with two attached hydrogens (primary N) is 1. The summed E-state index contributed by atoms with van der Waals surface area (Å²) in [6, 6.07) is 5.07. The number of piperidine rings is 1. The molecular weight excluding hydrogens is 206 g/mol. The molecule has 1 fully saturated rings. The number of nitro groups is 1. The van der Waals surface area contributed by atoms with Crippen molar-refractivity contribution in [2.75, 3.05) is 18.8 Å². The Morgan fingerprint density at radius 1 is 1.38 bits per heavy atom. The number of hydrogen-bond donors (Lipinski definition) is 2. The van der Waals surface area contributed by atoms with Crippen molar-refractivity contribution in [1.29, 1.82) is 0 Å². The van der Waals surface area contributed by atoms with Gasteiger partial charge in [0.25, 0.3) is 5.69 Å². The van der Waals surface area contributed by atoms with E-state index in [1.807, 2.05) is 6.07 Å². The zero-order valence-electron chi connectivity index (χ0n) is 8.98. The van der Waals surface area contributed by atoms with Crippen LogP contribution in [0.1, 0.15) is 24.3 Å². The van der Waals surface area contributed by atoms with E-state index in [9.17, 15) is 10.1 Å². The van der Waals surface area contributed by atoms with Crippen LogP contribution < -0.4 is 11.1 Å². The second-order valence-electron chi connectivity index (χ2n) is 4.06. The monoisotopic (exact) mass is 221 g/mol. The topological polar surface area (TPSA) is 81.2 Å². The van der Waals surface area contributed by atoms with Gasteiger partial charge >= 0.3 is 0 Å². The lowest BCUT2D eigenvalue weighted by molar-refractivity contribution is -0.384. The van der Waals surface area contributed by atoms with Crippen molar-refractivity contribution in [3.8, 4) is 0 Å². The highest BCUT2D eigenvalue weighted by Crippen LogP contribution is 2.34. The Morgan fingerprint density at radius 2 is 2.06 bits per heavy atom. The summed E-state index contributed by atoms with van der Waals surface area (Å²) in [7, 11) is 0. The van der Waals surface area contributed by atoms with Gasteiger partial charge in [0, 0.05) is 6.07 Å². The fraction of sp³-hybridized carbons (Fsp3) is 0.455. The maximum Gasteiger partial charge on any atom is 0.292 e. The molecule has 1 aromatic carbocycles. The molecule has 2 rings (SSSR count). The van der Waals surface area contributed by atoms with E-state index in [1.165, 1.54) is 6.07 Å². The van der Waals surface area contributed by atoms with Gasteiger partial charge in [-0.3, -0.25) is 10.1 Å². The first kappa shape index (κ1) is 10.9. The molecule has 0 bridgehead atoms. The molecule has 0 aliphatic carbocycles. The first-order chi connectivity index (χ1) is 7.70. The Morgan fingerprint density at radius 3 is 2.69 bits per heavy atom. The Balaban J connectivity index is 2.33. The van der Waals surface area contributed by atoms with Crippen molar-refractivity contribution in [2.24, 2.45) is 0 Å². The van der Waals surface area contributed by atoms with Crippen LogP contribution in [0.2, 0.25) is 0 Å². The molecule has 5 nitrogen and oxygen atoms in total. The SMILES string of the molecule is Nc1c(C2CCNCC2)cccc1[N+](=O)[O-]. The standard InChI is InChI=1S/C11H15N3O2/c12-11-9(8-4-6-13-7-5-8)2-1-3-10(11)14(15)16/h1-3,8,13H,4-7,12H2. The van der Waals surface area contributed by atoms with Crippen LogP contribution in [0.5, 0.6) is 0 Å². The van der Waals surface area contributed by atoms with E-state index in [2.05, 4.69) is 5.32 Å². The van der Waals surface area contributed by atoms with Crippen molar-refractivity contribution in [2.45, 2.75) is 18.8 Å². The van der Waals surface area contributed by atoms with Crippen molar-refractivity contribution in [3.05, 3.63) is 33.9 Å². The third kappa shape index (κ3) is 1.99. The van der Waals surface area contributed by atoms with Crippen molar-refractivity contribution < 1.29 is 4.92 Å². The molecule has 16 heavy (non-hydrogen) atoms. The normalized spacial score (nSPS) is 17.2. The van der Waals surface area contributed by atoms with E-state index in [4.69, 9.17) is 5.73 Å². The number of nitro benzene ring substituents is 1. The van der Waals surface area contributed by atoms with E-state index < -0.39 is 4.92 Å². The van der Waals surface area contributed by atoms with Crippen LogP contribution in [-0.4, -0.2) is 18.0 Å². The molecule has 0 unspecified atom stereocenters. The maximum absolute atomic E-state index is 10.8. The molecular formula is C11H15N3O2. The average molecular weight is 221 g/mol. The van der Waals surface area contributed by atoms with Crippen LogP contribution in [0, 0.1) is 10.1 Å². The zero-order valence-corrected chi connectivity index (χ0v) is 8.98. The summed E-state index contributed by atoms with van der Waals surface area (Å²) in [5, 5.41) is 14.0. The molecule has 0 aromatic heterocycles. The molecule has 86 valence electrons. The van der Waals surface area contributed by atoms with Gasteiger partial charge in [0.1, 0.15) is 5.69 Å². The summed E-state index contributed by atoms with van der Waals surface area (Å²) >= 11 is 0. The number of para-hydroxylation sites is 1. The smallest absolute Gasteiger partial charge is 0.292 e. The first-order valence-corrected chi connectivity index (χ1v) is 5.43. The van der Waals surface area contributed by atoms with E-state index in [0.29, 0.717) is 11.6 Å². The highest BCUT2D eigenvalue weighted by molar-refractivity contribution is 5.64. The van der Waals surface area contributed by atoms with Crippen LogP contribution in [0.15, 0.2) is 18.2 Å². The minimum atomic E-state index is -0.417. The van der Waals surface area contributed by atoms with Gasteiger partial charge in [0.15, 0.2) is 0 Å². The summed E-state index contributed by atoms with van der Waals surface area (Å²) < 4.78 is 0. The molecule has 1 heterocycles. The minimum Gasteiger partial charge on any atom is -0.393 e. The van der Waals surface area contributed by atoms with Crippen LogP contribution in [-0.2, 0) is 0 Å². The van der Waals surface area contributed by atoms with E-state index in [0.717, 1.165) is 31.5 Å². The second-order valence-corrected chi connectivity index (χ2v) is 4.06. The zero-order chi connectivity index (χ0) is 11.5. The Labute approximate surface area is 93.8 Å². The van der Waals surface area contributed by atoms with Crippen LogP contribution in [0.4, 0.5) is 11.4 Å². The van der Waals surface area contributed by atoms with Gasteiger partial charge in [0.2, 0.25) is 0 Å². The van der Waals surface area contributed by atoms with Gasteiger partial charge in [-0.25, -0.2) is 0 Å². The third-order valence-electron chi connectivity index (χ3n) is 3.09. The molecule has 0 saturated carbocycles. The Kier molecular flexibility index (Phi) is 3.05. The molecule has 1 aromatic rings. The van der Waals surface area contributed by atoms with E-state index in [-0.39, 0.29) is 5.69 Å². The lowest BCUT2D eigenvalue weighted by Gasteiger charge is -2.23. The Bertz CT molecular complexity index is 400. The predicted molar refractivity (Wildman–Crippen MR) is 62.4 cm³/mol. The molecule has 0 radical (unpaired) electrons. The van der Waals surface area contributed by atoms with Gasteiger partial charge in [-0.2, -0.15) is 0 Å². The quantitative estimate of drug-likeness (QED) is 0.452. The number of hydrogen-bond acceptors (Lipinski definition) is 4. The largest absolute Gasteiger partial charge is 0.393 e. The highest BCUT2D eigenvalue weighted by Gasteiger charge is 2.22. The molecule has 3 N–H and O–H groups in total. The number of rotatable bonds is 2. The fourth-order valence-electron chi connectivity index (χ4n) is 2.22. The van der Waals surface area contributed by atoms with Crippen LogP contribution in [0.3, 0.4) is 0 Å². The number of nitrogen functional groups attached to an aromatic ring is 1. The van der Waals surface area contributed by atoms with E-state index in [1.54, 1.807) is 6.07 Å². The number of nitrogens with one attached hydrogen (secondary N) is 1. The lowest BCUT2D eigenvalue weighted by Crippen LogP contribution is -2.27. The van der Waals surface area contributed by atoms with Crippen LogP contribution >= 0.6 is 0 Å².